The third-order valence-electron chi connectivity index (χ3n) is 7.83. The van der Waals surface area contributed by atoms with Gasteiger partial charge in [-0.1, -0.05) is 13.8 Å². The van der Waals surface area contributed by atoms with E-state index in [-0.39, 0.29) is 17.8 Å². The van der Waals surface area contributed by atoms with Crippen LogP contribution in [0.1, 0.15) is 46.5 Å². The molecule has 0 saturated heterocycles. The van der Waals surface area contributed by atoms with Crippen molar-refractivity contribution in [1.82, 2.24) is 0 Å². The van der Waals surface area contributed by atoms with Crippen LogP contribution in [0.25, 0.3) is 0 Å². The second-order valence-corrected chi connectivity index (χ2v) is 8.54. The molecule has 5 saturated carbocycles. The molecule has 5 aliphatic rings. The molecule has 0 aliphatic heterocycles. The van der Waals surface area contributed by atoms with Gasteiger partial charge in [0.1, 0.15) is 0 Å². The zero-order valence-electron chi connectivity index (χ0n) is 12.3. The molecule has 4 heteroatoms. The van der Waals surface area contributed by atoms with Gasteiger partial charge in [-0.15, -0.1) is 0 Å². The van der Waals surface area contributed by atoms with Crippen LogP contribution in [0.5, 0.6) is 0 Å². The van der Waals surface area contributed by atoms with Gasteiger partial charge in [-0.2, -0.15) is 13.2 Å². The minimum Gasteiger partial charge on any atom is -0.381 e. The summed E-state index contributed by atoms with van der Waals surface area (Å²) in [5.74, 6) is 2.85. The molecule has 2 spiro atoms. The molecule has 8 atom stereocenters. The minimum absolute atomic E-state index is 0.0709. The summed E-state index contributed by atoms with van der Waals surface area (Å²) in [5.41, 5.74) is -2.07. The lowest BCUT2D eigenvalue weighted by atomic mass is 9.46. The summed E-state index contributed by atoms with van der Waals surface area (Å²) in [7, 11) is 0. The highest BCUT2D eigenvalue weighted by atomic mass is 19.4. The maximum Gasteiger partial charge on any atom is 0.416 e. The Balaban J connectivity index is 1.63. The molecule has 8 unspecified atom stereocenters. The third kappa shape index (κ3) is 1.15. The molecule has 0 heterocycles. The Labute approximate surface area is 117 Å². The molecule has 0 amide bonds. The van der Waals surface area contributed by atoms with E-state index in [1.54, 1.807) is 0 Å². The predicted molar refractivity (Wildman–Crippen MR) is 68.8 cm³/mol. The molecule has 5 rings (SSSR count). The first-order chi connectivity index (χ1) is 9.05. The van der Waals surface area contributed by atoms with Gasteiger partial charge in [0.2, 0.25) is 0 Å². The highest BCUT2D eigenvalue weighted by Crippen LogP contribution is 2.90. The van der Waals surface area contributed by atoms with Crippen LogP contribution in [0.4, 0.5) is 13.2 Å². The number of halogens is 3. The van der Waals surface area contributed by atoms with Gasteiger partial charge in [0.15, 0.2) is 5.60 Å². The van der Waals surface area contributed by atoms with E-state index in [1.165, 1.54) is 0 Å². The zero-order chi connectivity index (χ0) is 14.7. The van der Waals surface area contributed by atoms with Gasteiger partial charge >= 0.3 is 6.18 Å². The van der Waals surface area contributed by atoms with E-state index in [9.17, 15) is 18.3 Å². The zero-order valence-corrected chi connectivity index (χ0v) is 12.3. The molecule has 1 nitrogen and oxygen atoms in total. The van der Waals surface area contributed by atoms with Gasteiger partial charge in [-0.05, 0) is 73.0 Å². The Kier molecular flexibility index (Phi) is 2.17. The first-order valence-corrected chi connectivity index (χ1v) is 7.84. The van der Waals surface area contributed by atoms with Gasteiger partial charge in [0.25, 0.3) is 0 Å². The van der Waals surface area contributed by atoms with Crippen molar-refractivity contribution in [3.8, 4) is 0 Å². The van der Waals surface area contributed by atoms with Gasteiger partial charge in [-0.3, -0.25) is 0 Å². The molecule has 20 heavy (non-hydrogen) atoms. The van der Waals surface area contributed by atoms with Gasteiger partial charge in [0.05, 0.1) is 0 Å². The van der Waals surface area contributed by atoms with Crippen molar-refractivity contribution in [2.75, 3.05) is 0 Å². The van der Waals surface area contributed by atoms with Gasteiger partial charge < -0.3 is 5.11 Å². The van der Waals surface area contributed by atoms with E-state index in [4.69, 9.17) is 0 Å². The molecule has 4 bridgehead atoms. The van der Waals surface area contributed by atoms with Crippen LogP contribution in [0.2, 0.25) is 0 Å². The third-order valence-corrected chi connectivity index (χ3v) is 7.83. The van der Waals surface area contributed by atoms with E-state index >= 15 is 0 Å². The molecule has 114 valence electrons. The maximum absolute atomic E-state index is 13.0. The first kappa shape index (κ1) is 13.4. The summed E-state index contributed by atoms with van der Waals surface area (Å²) < 4.78 is 38.9. The van der Waals surface area contributed by atoms with Crippen molar-refractivity contribution in [3.63, 3.8) is 0 Å². The largest absolute Gasteiger partial charge is 0.416 e. The summed E-state index contributed by atoms with van der Waals surface area (Å²) in [6.07, 6.45) is -1.46. The van der Waals surface area contributed by atoms with Crippen LogP contribution in [-0.2, 0) is 0 Å². The predicted octanol–water partition coefficient (Wildman–Crippen LogP) is 4.01. The Bertz CT molecular complexity index is 471. The summed E-state index contributed by atoms with van der Waals surface area (Å²) in [6.45, 7) is 5.54. The number of rotatable bonds is 2. The second kappa shape index (κ2) is 3.23. The SMILES string of the molecule is CC1CC23CC4(CC2CC(C)(O)C(F)(F)F)C(C)C3C14. The summed E-state index contributed by atoms with van der Waals surface area (Å²) in [6, 6.07) is 0. The molecule has 5 fully saturated rings. The van der Waals surface area contributed by atoms with Crippen LogP contribution < -0.4 is 0 Å². The van der Waals surface area contributed by atoms with Gasteiger partial charge in [-0.25, -0.2) is 0 Å². The molecule has 0 aromatic heterocycles. The standard InChI is InChI=1S/C16H23F3O/c1-8-4-15-7-14(9(2)12(15)11(8)14)6-10(15)5-13(3,20)16(17,18)19/h8-12,20H,4-7H2,1-3H3. The average Bonchev–Trinajstić information content (AvgIpc) is 2.88. The van der Waals surface area contributed by atoms with Crippen LogP contribution in [0, 0.1) is 40.4 Å². The normalized spacial score (nSPS) is 58.6. The monoisotopic (exact) mass is 288 g/mol. The number of hydrogen-bond donors (Lipinski definition) is 1. The van der Waals surface area contributed by atoms with Gasteiger partial charge in [0, 0.05) is 0 Å². The van der Waals surface area contributed by atoms with E-state index < -0.39 is 11.8 Å². The van der Waals surface area contributed by atoms with Crippen LogP contribution >= 0.6 is 0 Å². The van der Waals surface area contributed by atoms with Crippen LogP contribution in [-0.4, -0.2) is 16.9 Å². The fourth-order valence-corrected chi connectivity index (χ4v) is 7.44. The maximum atomic E-state index is 13.0. The van der Waals surface area contributed by atoms with Crippen LogP contribution in [0.3, 0.4) is 0 Å². The fraction of sp³-hybridized carbons (Fsp3) is 1.00. The molecular formula is C16H23F3O. The van der Waals surface area contributed by atoms with Crippen LogP contribution in [0.15, 0.2) is 0 Å². The molecular weight excluding hydrogens is 265 g/mol. The Morgan fingerprint density at radius 1 is 1.10 bits per heavy atom. The minimum atomic E-state index is -4.51. The van der Waals surface area contributed by atoms with E-state index in [0.29, 0.717) is 23.2 Å². The summed E-state index contributed by atoms with van der Waals surface area (Å²) in [4.78, 5) is 0. The molecule has 0 aromatic rings. The summed E-state index contributed by atoms with van der Waals surface area (Å²) in [5, 5.41) is 9.87. The lowest BCUT2D eigenvalue weighted by Gasteiger charge is -2.59. The number of alkyl halides is 3. The quantitative estimate of drug-likeness (QED) is 0.814. The highest BCUT2D eigenvalue weighted by molar-refractivity contribution is 5.32. The number of aliphatic hydroxyl groups is 1. The van der Waals surface area contributed by atoms with Crippen molar-refractivity contribution in [3.05, 3.63) is 0 Å². The molecule has 1 N–H and O–H groups in total. The summed E-state index contributed by atoms with van der Waals surface area (Å²) >= 11 is 0. The van der Waals surface area contributed by atoms with Crippen molar-refractivity contribution < 1.29 is 18.3 Å². The highest BCUT2D eigenvalue weighted by Gasteiger charge is 2.84. The smallest absolute Gasteiger partial charge is 0.381 e. The van der Waals surface area contributed by atoms with Crippen molar-refractivity contribution in [1.29, 1.82) is 0 Å². The van der Waals surface area contributed by atoms with E-state index in [1.807, 2.05) is 0 Å². The topological polar surface area (TPSA) is 20.2 Å². The average molecular weight is 288 g/mol. The lowest BCUT2D eigenvalue weighted by Crippen LogP contribution is -2.55. The Hall–Kier alpha value is -0.250. The van der Waals surface area contributed by atoms with E-state index in [2.05, 4.69) is 13.8 Å². The molecule has 5 aliphatic carbocycles. The fourth-order valence-electron chi connectivity index (χ4n) is 7.44. The molecule has 0 aromatic carbocycles. The first-order valence-electron chi connectivity index (χ1n) is 7.84. The second-order valence-electron chi connectivity index (χ2n) is 8.54. The van der Waals surface area contributed by atoms with E-state index in [0.717, 1.165) is 32.1 Å². The molecule has 0 radical (unpaired) electrons. The lowest BCUT2D eigenvalue weighted by molar-refractivity contribution is -0.264. The van der Waals surface area contributed by atoms with Crippen molar-refractivity contribution >= 4 is 0 Å². The Morgan fingerprint density at radius 3 is 2.30 bits per heavy atom. The Morgan fingerprint density at radius 2 is 1.75 bits per heavy atom. The number of hydrogen-bond acceptors (Lipinski definition) is 1. The van der Waals surface area contributed by atoms with Crippen molar-refractivity contribution in [2.24, 2.45) is 40.4 Å². The van der Waals surface area contributed by atoms with Crippen molar-refractivity contribution in [2.45, 2.75) is 58.2 Å².